The molecule has 3 aromatic heterocycles. The van der Waals surface area contributed by atoms with Crippen LogP contribution in [0.15, 0.2) is 12.3 Å². The largest absolute Gasteiger partial charge is 0.461 e. The number of ether oxygens (including phenoxy) is 1. The van der Waals surface area contributed by atoms with Gasteiger partial charge in [-0.1, -0.05) is 0 Å². The molecule has 0 amide bonds. The van der Waals surface area contributed by atoms with Gasteiger partial charge in [0.2, 0.25) is 0 Å². The van der Waals surface area contributed by atoms with Gasteiger partial charge in [-0.25, -0.2) is 17.6 Å². The number of anilines is 2. The molecule has 236 valence electrons. The first kappa shape index (κ1) is 29.9. The molecule has 1 aromatic carbocycles. The van der Waals surface area contributed by atoms with Gasteiger partial charge in [-0.2, -0.15) is 15.2 Å². The van der Waals surface area contributed by atoms with Crippen LogP contribution in [0.4, 0.5) is 28.4 Å². The van der Waals surface area contributed by atoms with E-state index in [-0.39, 0.29) is 61.0 Å². The molecule has 1 aliphatic carbocycles. The number of hydrogen-bond acceptors (Lipinski definition) is 10. The number of rotatable bonds is 8. The Labute approximate surface area is 261 Å². The van der Waals surface area contributed by atoms with Crippen molar-refractivity contribution in [2.24, 2.45) is 0 Å². The van der Waals surface area contributed by atoms with Crippen LogP contribution < -0.4 is 15.8 Å². The molecule has 3 N–H and O–H groups in total. The number of alkyl halides is 1. The van der Waals surface area contributed by atoms with Gasteiger partial charge in [-0.3, -0.25) is 9.88 Å². The molecule has 2 saturated heterocycles. The summed E-state index contributed by atoms with van der Waals surface area (Å²) in [5.41, 5.74) is 4.70. The summed E-state index contributed by atoms with van der Waals surface area (Å²) in [6.07, 6.45) is 5.53. The number of thiophene rings is 1. The van der Waals surface area contributed by atoms with Gasteiger partial charge in [0.1, 0.15) is 40.9 Å². The van der Waals surface area contributed by atoms with E-state index in [1.54, 1.807) is 0 Å². The lowest BCUT2D eigenvalue weighted by molar-refractivity contribution is 0.0738. The number of hydrogen-bond donors (Lipinski definition) is 2. The second-order valence-electron chi connectivity index (χ2n) is 12.6. The van der Waals surface area contributed by atoms with Gasteiger partial charge < -0.3 is 20.7 Å². The highest BCUT2D eigenvalue weighted by Gasteiger charge is 2.49. The molecule has 9 nitrogen and oxygen atoms in total. The highest BCUT2D eigenvalue weighted by Crippen LogP contribution is 2.44. The predicted octanol–water partition coefficient (Wildman–Crippen LogP) is 5.63. The topological polar surface area (TPSA) is 116 Å². The molecule has 3 aliphatic rings. The van der Waals surface area contributed by atoms with Crippen molar-refractivity contribution in [1.29, 1.82) is 5.26 Å². The van der Waals surface area contributed by atoms with Crippen molar-refractivity contribution < 1.29 is 22.3 Å². The van der Waals surface area contributed by atoms with Crippen LogP contribution in [0.25, 0.3) is 32.2 Å². The Hall–Kier alpha value is -3.80. The van der Waals surface area contributed by atoms with Gasteiger partial charge in [-0.15, -0.1) is 11.3 Å². The van der Waals surface area contributed by atoms with Crippen molar-refractivity contribution >= 4 is 43.1 Å². The van der Waals surface area contributed by atoms with E-state index in [1.807, 2.05) is 20.2 Å². The third-order valence-corrected chi connectivity index (χ3v) is 11.0. The SMILES string of the molecule is CN(C)C1(CNc2nc(OC[C@@]34CCCN3C[C@H](F)C4)nc3c(F)c(-c4cc(F)c(F)c5sc(N)c(C#N)c45)ncc23)CCC1. The molecule has 0 unspecified atom stereocenters. The summed E-state index contributed by atoms with van der Waals surface area (Å²) in [7, 11) is 4.03. The highest BCUT2D eigenvalue weighted by molar-refractivity contribution is 7.23. The zero-order valence-corrected chi connectivity index (χ0v) is 25.7. The number of likely N-dealkylation sites (N-methyl/N-ethyl adjacent to an activating group) is 1. The van der Waals surface area contributed by atoms with Crippen molar-refractivity contribution in [2.45, 2.75) is 55.8 Å². The Morgan fingerprint density at radius 1 is 1.20 bits per heavy atom. The van der Waals surface area contributed by atoms with Gasteiger partial charge in [0.05, 0.1) is 21.2 Å². The Kier molecular flexibility index (Phi) is 7.25. The first-order valence-electron chi connectivity index (χ1n) is 15.0. The van der Waals surface area contributed by atoms with E-state index in [0.29, 0.717) is 36.7 Å². The standard InChI is InChI=1S/C31H32F4N8OS/c1-42(2)30(5-3-6-30)14-39-28-19-12-38-24(17-9-20(33)22(34)26-21(17)18(11-36)27(37)45-26)23(35)25(19)40-29(41-28)44-15-31-7-4-8-43(31)13-16(32)10-31/h9,12,16H,3-8,10,13-15,37H2,1-2H3,(H,39,40,41)/t16-,31+/m1/s1. The van der Waals surface area contributed by atoms with E-state index < -0.39 is 29.2 Å². The number of halogens is 4. The van der Waals surface area contributed by atoms with Gasteiger partial charge in [0, 0.05) is 42.2 Å². The number of nitrogens with two attached hydrogens (primary N) is 1. The molecule has 0 radical (unpaired) electrons. The molecular weight excluding hydrogens is 608 g/mol. The molecule has 14 heteroatoms. The van der Waals surface area contributed by atoms with E-state index in [4.69, 9.17) is 10.5 Å². The van der Waals surface area contributed by atoms with Gasteiger partial charge >= 0.3 is 6.01 Å². The number of nitrogens with one attached hydrogen (secondary N) is 1. The molecule has 4 aromatic rings. The quantitative estimate of drug-likeness (QED) is 0.237. The average Bonchev–Trinajstić information content (AvgIpc) is 3.62. The van der Waals surface area contributed by atoms with E-state index in [1.165, 1.54) is 6.20 Å². The predicted molar refractivity (Wildman–Crippen MR) is 164 cm³/mol. The maximum Gasteiger partial charge on any atom is 0.319 e. The minimum absolute atomic E-state index is 0.0162. The minimum atomic E-state index is -1.23. The number of aromatic nitrogens is 3. The van der Waals surface area contributed by atoms with Gasteiger partial charge in [0.25, 0.3) is 0 Å². The van der Waals surface area contributed by atoms with Crippen LogP contribution in [-0.4, -0.2) is 82.3 Å². The van der Waals surface area contributed by atoms with Crippen LogP contribution >= 0.6 is 11.3 Å². The fraction of sp³-hybridized carbons (Fsp3) is 0.484. The number of nitrogens with zero attached hydrogens (tertiary/aromatic N) is 6. The van der Waals surface area contributed by atoms with Crippen molar-refractivity contribution in [1.82, 2.24) is 24.8 Å². The third kappa shape index (κ3) is 4.74. The summed E-state index contributed by atoms with van der Waals surface area (Å²) in [6.45, 7) is 1.81. The van der Waals surface area contributed by atoms with Crippen molar-refractivity contribution in [3.8, 4) is 23.3 Å². The Bertz CT molecular complexity index is 1870. The molecule has 0 bridgehead atoms. The molecule has 3 fully saturated rings. The smallest absolute Gasteiger partial charge is 0.319 e. The van der Waals surface area contributed by atoms with Crippen LogP contribution in [-0.2, 0) is 0 Å². The molecular formula is C31H32F4N8OS. The highest BCUT2D eigenvalue weighted by atomic mass is 32.1. The number of fused-ring (bicyclic) bond motifs is 3. The van der Waals surface area contributed by atoms with Crippen LogP contribution in [0, 0.1) is 28.8 Å². The zero-order chi connectivity index (χ0) is 31.7. The Morgan fingerprint density at radius 3 is 2.71 bits per heavy atom. The summed E-state index contributed by atoms with van der Waals surface area (Å²) in [5.74, 6) is -3.01. The van der Waals surface area contributed by atoms with Crippen LogP contribution in [0.3, 0.4) is 0 Å². The third-order valence-electron chi connectivity index (χ3n) is 9.96. The maximum absolute atomic E-state index is 16.6. The first-order chi connectivity index (χ1) is 21.6. The summed E-state index contributed by atoms with van der Waals surface area (Å²) in [4.78, 5) is 17.6. The van der Waals surface area contributed by atoms with E-state index in [9.17, 15) is 18.4 Å². The summed E-state index contributed by atoms with van der Waals surface area (Å²) >= 11 is 0.712. The van der Waals surface area contributed by atoms with E-state index >= 15 is 4.39 Å². The lowest BCUT2D eigenvalue weighted by atomic mass is 9.75. The summed E-state index contributed by atoms with van der Waals surface area (Å²) in [5, 5.41) is 13.3. The zero-order valence-electron chi connectivity index (χ0n) is 24.9. The monoisotopic (exact) mass is 640 g/mol. The molecule has 7 rings (SSSR count). The Balaban J connectivity index is 1.34. The fourth-order valence-electron chi connectivity index (χ4n) is 7.22. The summed E-state index contributed by atoms with van der Waals surface area (Å²) in [6, 6.07) is 2.65. The number of nitriles is 1. The normalized spacial score (nSPS) is 22.6. The number of pyridine rings is 1. The molecule has 5 heterocycles. The van der Waals surface area contributed by atoms with E-state index in [2.05, 4.69) is 30.1 Å². The van der Waals surface area contributed by atoms with E-state index in [0.717, 1.165) is 44.7 Å². The maximum atomic E-state index is 16.6. The molecule has 2 atom stereocenters. The molecule has 1 saturated carbocycles. The van der Waals surface area contributed by atoms with Gasteiger partial charge in [-0.05, 0) is 58.8 Å². The van der Waals surface area contributed by atoms with Crippen LogP contribution in [0.1, 0.15) is 44.1 Å². The fourth-order valence-corrected chi connectivity index (χ4v) is 8.19. The molecule has 0 spiro atoms. The average molecular weight is 641 g/mol. The molecule has 2 aliphatic heterocycles. The first-order valence-corrected chi connectivity index (χ1v) is 15.8. The lowest BCUT2D eigenvalue weighted by Crippen LogP contribution is -2.54. The number of nitrogen functional groups attached to an aromatic ring is 1. The molecule has 45 heavy (non-hydrogen) atoms. The second kappa shape index (κ2) is 10.9. The van der Waals surface area contributed by atoms with Crippen LogP contribution in [0.5, 0.6) is 6.01 Å². The minimum Gasteiger partial charge on any atom is -0.461 e. The van der Waals surface area contributed by atoms with Crippen molar-refractivity contribution in [3.63, 3.8) is 0 Å². The van der Waals surface area contributed by atoms with Crippen molar-refractivity contribution in [2.75, 3.05) is 51.4 Å². The van der Waals surface area contributed by atoms with Gasteiger partial charge in [0.15, 0.2) is 17.5 Å². The Morgan fingerprint density at radius 2 is 2.00 bits per heavy atom. The number of benzene rings is 1. The second-order valence-corrected chi connectivity index (χ2v) is 13.7. The lowest BCUT2D eigenvalue weighted by Gasteiger charge is -2.47. The van der Waals surface area contributed by atoms with Crippen LogP contribution in [0.2, 0.25) is 0 Å². The summed E-state index contributed by atoms with van der Waals surface area (Å²) < 4.78 is 66.4. The van der Waals surface area contributed by atoms with Crippen molar-refractivity contribution in [3.05, 3.63) is 35.3 Å².